The Morgan fingerprint density at radius 2 is 2.05 bits per heavy atom. The van der Waals surface area contributed by atoms with Crippen LogP contribution in [0.5, 0.6) is 0 Å². The molecular formula is C14H19N5O. The van der Waals surface area contributed by atoms with Gasteiger partial charge in [0, 0.05) is 18.4 Å². The van der Waals surface area contributed by atoms with Crippen molar-refractivity contribution >= 4 is 5.69 Å². The molecule has 0 unspecified atom stereocenters. The van der Waals surface area contributed by atoms with Gasteiger partial charge in [0.15, 0.2) is 5.82 Å². The first kappa shape index (κ1) is 13.1. The predicted octanol–water partition coefficient (Wildman–Crippen LogP) is 2.12. The van der Waals surface area contributed by atoms with E-state index in [1.54, 1.807) is 7.11 Å². The monoisotopic (exact) mass is 273 g/mol. The highest BCUT2D eigenvalue weighted by Crippen LogP contribution is 2.38. The van der Waals surface area contributed by atoms with Gasteiger partial charge in [0.2, 0.25) is 0 Å². The molecule has 1 aromatic carbocycles. The molecule has 1 heterocycles. The SMILES string of the molecule is COC1CCC(c2ccc(N)cc2-c2nnn[nH]2)CC1. The summed E-state index contributed by atoms with van der Waals surface area (Å²) in [6.07, 6.45) is 4.84. The molecule has 0 bridgehead atoms. The van der Waals surface area contributed by atoms with E-state index in [9.17, 15) is 0 Å². The normalized spacial score (nSPS) is 22.9. The van der Waals surface area contributed by atoms with Crippen LogP contribution in [0.2, 0.25) is 0 Å². The Balaban J connectivity index is 1.90. The smallest absolute Gasteiger partial charge is 0.179 e. The van der Waals surface area contributed by atoms with Gasteiger partial charge in [-0.2, -0.15) is 0 Å². The second-order valence-electron chi connectivity index (χ2n) is 5.31. The van der Waals surface area contributed by atoms with Crippen molar-refractivity contribution in [3.63, 3.8) is 0 Å². The Kier molecular flexibility index (Phi) is 3.64. The molecule has 106 valence electrons. The zero-order valence-electron chi connectivity index (χ0n) is 11.5. The van der Waals surface area contributed by atoms with Gasteiger partial charge in [-0.05, 0) is 59.7 Å². The summed E-state index contributed by atoms with van der Waals surface area (Å²) < 4.78 is 5.44. The Hall–Kier alpha value is -1.95. The highest BCUT2D eigenvalue weighted by molar-refractivity contribution is 5.66. The van der Waals surface area contributed by atoms with Crippen molar-refractivity contribution in [2.45, 2.75) is 37.7 Å². The summed E-state index contributed by atoms with van der Waals surface area (Å²) in [5.74, 6) is 1.20. The minimum atomic E-state index is 0.399. The number of anilines is 1. The van der Waals surface area contributed by atoms with Crippen molar-refractivity contribution in [1.29, 1.82) is 0 Å². The number of hydrogen-bond donors (Lipinski definition) is 2. The lowest BCUT2D eigenvalue weighted by Crippen LogP contribution is -2.19. The Morgan fingerprint density at radius 3 is 2.70 bits per heavy atom. The lowest BCUT2D eigenvalue weighted by Gasteiger charge is -2.28. The first-order valence-corrected chi connectivity index (χ1v) is 6.94. The fourth-order valence-corrected chi connectivity index (χ4v) is 3.02. The second kappa shape index (κ2) is 5.58. The summed E-state index contributed by atoms with van der Waals surface area (Å²) in [6, 6.07) is 6.00. The van der Waals surface area contributed by atoms with E-state index in [-0.39, 0.29) is 0 Å². The zero-order chi connectivity index (χ0) is 13.9. The number of methoxy groups -OCH3 is 1. The maximum Gasteiger partial charge on any atom is 0.179 e. The third-order valence-electron chi connectivity index (χ3n) is 4.13. The molecule has 1 fully saturated rings. The van der Waals surface area contributed by atoms with E-state index in [0.29, 0.717) is 17.8 Å². The summed E-state index contributed by atoms with van der Waals surface area (Å²) >= 11 is 0. The quantitative estimate of drug-likeness (QED) is 0.836. The minimum Gasteiger partial charge on any atom is -0.399 e. The fraction of sp³-hybridized carbons (Fsp3) is 0.500. The van der Waals surface area contributed by atoms with E-state index < -0.39 is 0 Å². The number of H-pyrrole nitrogens is 1. The van der Waals surface area contributed by atoms with Gasteiger partial charge in [0.05, 0.1) is 6.10 Å². The Morgan fingerprint density at radius 1 is 1.25 bits per heavy atom. The molecule has 6 nitrogen and oxygen atoms in total. The van der Waals surface area contributed by atoms with Crippen LogP contribution >= 0.6 is 0 Å². The number of ether oxygens (including phenoxy) is 1. The highest BCUT2D eigenvalue weighted by atomic mass is 16.5. The van der Waals surface area contributed by atoms with Gasteiger partial charge < -0.3 is 10.5 Å². The summed E-state index contributed by atoms with van der Waals surface area (Å²) in [5, 5.41) is 14.2. The molecule has 0 atom stereocenters. The van der Waals surface area contributed by atoms with Crippen molar-refractivity contribution in [2.24, 2.45) is 0 Å². The molecule has 1 aromatic heterocycles. The van der Waals surface area contributed by atoms with Crippen LogP contribution in [0, 0.1) is 0 Å². The molecule has 20 heavy (non-hydrogen) atoms. The van der Waals surface area contributed by atoms with E-state index in [1.807, 2.05) is 12.1 Å². The largest absolute Gasteiger partial charge is 0.399 e. The van der Waals surface area contributed by atoms with Crippen LogP contribution in [0.25, 0.3) is 11.4 Å². The summed E-state index contributed by atoms with van der Waals surface area (Å²) in [7, 11) is 1.79. The van der Waals surface area contributed by atoms with Gasteiger partial charge in [-0.25, -0.2) is 5.10 Å². The molecule has 0 amide bonds. The van der Waals surface area contributed by atoms with Crippen LogP contribution in [0.4, 0.5) is 5.69 Å². The molecule has 3 N–H and O–H groups in total. The van der Waals surface area contributed by atoms with E-state index in [2.05, 4.69) is 26.7 Å². The van der Waals surface area contributed by atoms with Gasteiger partial charge in [0.1, 0.15) is 0 Å². The third-order valence-corrected chi connectivity index (χ3v) is 4.13. The highest BCUT2D eigenvalue weighted by Gasteiger charge is 2.25. The van der Waals surface area contributed by atoms with Gasteiger partial charge >= 0.3 is 0 Å². The fourth-order valence-electron chi connectivity index (χ4n) is 3.02. The van der Waals surface area contributed by atoms with Crippen LogP contribution in [-0.4, -0.2) is 33.8 Å². The van der Waals surface area contributed by atoms with E-state index >= 15 is 0 Å². The van der Waals surface area contributed by atoms with Gasteiger partial charge in [-0.15, -0.1) is 5.10 Å². The number of rotatable bonds is 3. The van der Waals surface area contributed by atoms with Crippen molar-refractivity contribution in [3.8, 4) is 11.4 Å². The molecule has 0 saturated heterocycles. The first-order valence-electron chi connectivity index (χ1n) is 6.94. The molecule has 0 aliphatic heterocycles. The number of nitrogens with two attached hydrogens (primary N) is 1. The number of aromatic nitrogens is 4. The topological polar surface area (TPSA) is 89.7 Å². The molecule has 0 spiro atoms. The molecule has 0 radical (unpaired) electrons. The maximum atomic E-state index is 5.90. The average molecular weight is 273 g/mol. The average Bonchev–Trinajstić information content (AvgIpc) is 3.01. The van der Waals surface area contributed by atoms with Crippen LogP contribution in [0.15, 0.2) is 18.2 Å². The molecule has 3 rings (SSSR count). The van der Waals surface area contributed by atoms with E-state index in [4.69, 9.17) is 10.5 Å². The number of aromatic amines is 1. The number of nitrogens with one attached hydrogen (secondary N) is 1. The lowest BCUT2D eigenvalue weighted by atomic mass is 9.80. The van der Waals surface area contributed by atoms with Crippen LogP contribution in [0.3, 0.4) is 0 Å². The summed E-state index contributed by atoms with van der Waals surface area (Å²) in [4.78, 5) is 0. The van der Waals surface area contributed by atoms with Crippen LogP contribution in [0.1, 0.15) is 37.2 Å². The first-order chi connectivity index (χ1) is 9.78. The minimum absolute atomic E-state index is 0.399. The number of hydrogen-bond acceptors (Lipinski definition) is 5. The number of nitrogen functional groups attached to an aromatic ring is 1. The van der Waals surface area contributed by atoms with Crippen molar-refractivity contribution in [3.05, 3.63) is 23.8 Å². The summed E-state index contributed by atoms with van der Waals surface area (Å²) in [6.45, 7) is 0. The molecule has 2 aromatic rings. The molecule has 6 heteroatoms. The molecule has 1 aliphatic carbocycles. The van der Waals surface area contributed by atoms with Crippen LogP contribution < -0.4 is 5.73 Å². The lowest BCUT2D eigenvalue weighted by molar-refractivity contribution is 0.0659. The molecule has 1 aliphatic rings. The Labute approximate surface area is 117 Å². The number of benzene rings is 1. The van der Waals surface area contributed by atoms with E-state index in [1.165, 1.54) is 5.56 Å². The molecule has 1 saturated carbocycles. The second-order valence-corrected chi connectivity index (χ2v) is 5.31. The van der Waals surface area contributed by atoms with Crippen molar-refractivity contribution in [2.75, 3.05) is 12.8 Å². The zero-order valence-corrected chi connectivity index (χ0v) is 11.5. The van der Waals surface area contributed by atoms with Crippen molar-refractivity contribution < 1.29 is 4.74 Å². The number of tetrazole rings is 1. The number of nitrogens with zero attached hydrogens (tertiary/aromatic N) is 3. The predicted molar refractivity (Wildman–Crippen MR) is 76.0 cm³/mol. The van der Waals surface area contributed by atoms with E-state index in [0.717, 1.165) is 36.9 Å². The van der Waals surface area contributed by atoms with Crippen LogP contribution in [-0.2, 0) is 4.74 Å². The maximum absolute atomic E-state index is 5.90. The summed E-state index contributed by atoms with van der Waals surface area (Å²) in [5.41, 5.74) is 8.91. The Bertz CT molecular complexity index is 561. The van der Waals surface area contributed by atoms with Gasteiger partial charge in [-0.1, -0.05) is 6.07 Å². The standard InChI is InChI=1S/C14H19N5O/c1-20-11-5-2-9(3-6-11)12-7-4-10(15)8-13(12)14-16-18-19-17-14/h4,7-9,11H,2-3,5-6,15H2,1H3,(H,16,17,18,19). The molecular weight excluding hydrogens is 254 g/mol. The van der Waals surface area contributed by atoms with Gasteiger partial charge in [0.25, 0.3) is 0 Å². The third kappa shape index (κ3) is 2.51. The van der Waals surface area contributed by atoms with Crippen molar-refractivity contribution in [1.82, 2.24) is 20.6 Å². The van der Waals surface area contributed by atoms with Gasteiger partial charge in [-0.3, -0.25) is 0 Å².